The van der Waals surface area contributed by atoms with Crippen LogP contribution in [0.25, 0.3) is 0 Å². The molecule has 0 radical (unpaired) electrons. The van der Waals surface area contributed by atoms with Gasteiger partial charge in [-0.1, -0.05) is 30.3 Å². The van der Waals surface area contributed by atoms with Crippen molar-refractivity contribution in [1.82, 2.24) is 0 Å². The molecule has 0 saturated heterocycles. The van der Waals surface area contributed by atoms with Gasteiger partial charge in [-0.3, -0.25) is 4.79 Å². The van der Waals surface area contributed by atoms with E-state index in [9.17, 15) is 22.0 Å². The van der Waals surface area contributed by atoms with Gasteiger partial charge in [0.1, 0.15) is 17.3 Å². The molecule has 136 valence electrons. The van der Waals surface area contributed by atoms with Crippen molar-refractivity contribution in [2.45, 2.75) is 11.8 Å². The third-order valence-electron chi connectivity index (χ3n) is 3.18. The first-order chi connectivity index (χ1) is 13.4. The van der Waals surface area contributed by atoms with E-state index in [2.05, 4.69) is 4.18 Å². The molecule has 0 amide bonds. The number of Topliss-reactive ketones (excluding diaryl/α,β-unsaturated/α-hetero) is 1. The number of hydrogen-bond donors (Lipinski definition) is 1. The molecule has 0 unspecified atom stereocenters. The number of ketones is 1. The van der Waals surface area contributed by atoms with Crippen LogP contribution in [0.2, 0.25) is 0 Å². The highest BCUT2D eigenvalue weighted by atomic mass is 32.2. The van der Waals surface area contributed by atoms with E-state index >= 15 is 0 Å². The third kappa shape index (κ3) is 3.83. The van der Waals surface area contributed by atoms with Crippen LogP contribution >= 0.6 is 0 Å². The molecule has 0 spiro atoms. The fraction of sp³-hybridized carbons (Fsp3) is 0.118. The molecule has 1 heterocycles. The predicted molar refractivity (Wildman–Crippen MR) is 86.6 cm³/mol. The summed E-state index contributed by atoms with van der Waals surface area (Å²) in [5.74, 6) is -5.79. The van der Waals surface area contributed by atoms with Crippen LogP contribution in [0.3, 0.4) is 0 Å². The van der Waals surface area contributed by atoms with Gasteiger partial charge in [-0.25, -0.2) is 8.78 Å². The zero-order chi connectivity index (χ0) is 21.6. The van der Waals surface area contributed by atoms with E-state index in [1.54, 1.807) is 0 Å². The van der Waals surface area contributed by atoms with Crippen molar-refractivity contribution in [2.24, 2.45) is 5.73 Å². The average Bonchev–Trinajstić information content (AvgIpc) is 2.85. The van der Waals surface area contributed by atoms with Crippen LogP contribution in [0.1, 0.15) is 21.3 Å². The molecule has 0 saturated carbocycles. The molecular weight excluding hydrogens is 368 g/mol. The quantitative estimate of drug-likeness (QED) is 0.795. The second-order valence-electron chi connectivity index (χ2n) is 5.12. The topological polar surface area (TPSA) is 95.7 Å². The van der Waals surface area contributed by atoms with Gasteiger partial charge in [0.15, 0.2) is 6.08 Å². The summed E-state index contributed by atoms with van der Waals surface area (Å²) in [6.45, 7) is 0. The summed E-state index contributed by atoms with van der Waals surface area (Å²) in [7, 11) is -5.15. The predicted octanol–water partition coefficient (Wildman–Crippen LogP) is 2.28. The van der Waals surface area contributed by atoms with Crippen LogP contribution in [0.4, 0.5) is 8.78 Å². The molecule has 0 aliphatic carbocycles. The third-order valence-corrected chi connectivity index (χ3v) is 4.05. The fourth-order valence-corrected chi connectivity index (χ4v) is 3.00. The molecule has 1 aliphatic rings. The number of carbonyl (C=O) groups is 1. The largest absolute Gasteiger partial charge is 0.460 e. The number of halogens is 2. The highest BCUT2D eigenvalue weighted by Gasteiger charge is 2.39. The van der Waals surface area contributed by atoms with E-state index in [0.29, 0.717) is 18.2 Å². The van der Waals surface area contributed by atoms with Crippen LogP contribution in [0, 0.1) is 11.6 Å². The Bertz CT molecular complexity index is 1100. The molecule has 1 aliphatic heterocycles. The minimum atomic E-state index is -5.15. The van der Waals surface area contributed by atoms with Gasteiger partial charge in [0, 0.05) is 11.6 Å². The van der Waals surface area contributed by atoms with Crippen molar-refractivity contribution >= 4 is 15.9 Å². The maximum Gasteiger partial charge on any atom is 0.313 e. The summed E-state index contributed by atoms with van der Waals surface area (Å²) >= 11 is 0. The first-order valence-corrected chi connectivity index (χ1v) is 8.49. The van der Waals surface area contributed by atoms with Crippen molar-refractivity contribution in [1.29, 1.82) is 0 Å². The highest BCUT2D eigenvalue weighted by Crippen LogP contribution is 2.33. The average molecular weight is 384 g/mol. The van der Waals surface area contributed by atoms with E-state index in [4.69, 9.17) is 14.6 Å². The molecule has 2 aromatic rings. The van der Waals surface area contributed by atoms with Crippen molar-refractivity contribution in [3.05, 3.63) is 82.9 Å². The Balaban J connectivity index is 1.96. The smallest absolute Gasteiger partial charge is 0.313 e. The van der Waals surface area contributed by atoms with E-state index in [1.807, 2.05) is 0 Å². The monoisotopic (exact) mass is 384 g/mol. The molecule has 26 heavy (non-hydrogen) atoms. The first kappa shape index (κ1) is 14.3. The summed E-state index contributed by atoms with van der Waals surface area (Å²) in [6, 6.07) is 8.49. The number of rotatable bonds is 5. The summed E-state index contributed by atoms with van der Waals surface area (Å²) in [6.07, 6.45) is -2.81. The SMILES string of the molecule is [2H]C([2H])(c1ccccc1)S(=O)(=O)OC1=C(N)O[C@]([2H])(c2cc(F)cc(F)c2)C1=O. The molecule has 0 bridgehead atoms. The maximum atomic E-state index is 13.5. The second kappa shape index (κ2) is 6.75. The molecular formula is C17H13F2NO5S. The van der Waals surface area contributed by atoms with Gasteiger partial charge in [-0.15, -0.1) is 0 Å². The van der Waals surface area contributed by atoms with Gasteiger partial charge in [0.05, 0.1) is 4.11 Å². The minimum Gasteiger partial charge on any atom is -0.460 e. The van der Waals surface area contributed by atoms with Gasteiger partial charge in [-0.2, -0.15) is 8.42 Å². The Kier molecular flexibility index (Phi) is 3.70. The van der Waals surface area contributed by atoms with Crippen molar-refractivity contribution < 1.29 is 35.0 Å². The number of nitrogens with two attached hydrogens (primary N) is 1. The zero-order valence-corrected chi connectivity index (χ0v) is 13.7. The first-order valence-electron chi connectivity index (χ1n) is 8.58. The number of carbonyl (C=O) groups excluding carboxylic acids is 1. The van der Waals surface area contributed by atoms with E-state index < -0.39 is 56.5 Å². The Morgan fingerprint density at radius 3 is 2.42 bits per heavy atom. The summed E-state index contributed by atoms with van der Waals surface area (Å²) in [5.41, 5.74) is 1.51. The van der Waals surface area contributed by atoms with Crippen molar-refractivity contribution in [3.8, 4) is 0 Å². The molecule has 0 fully saturated rings. The molecule has 1 atom stereocenters. The zero-order valence-electron chi connectivity index (χ0n) is 15.9. The van der Waals surface area contributed by atoms with Crippen molar-refractivity contribution in [3.63, 3.8) is 0 Å². The molecule has 6 nitrogen and oxygen atoms in total. The summed E-state index contributed by atoms with van der Waals surface area (Å²) < 4.78 is 85.2. The van der Waals surface area contributed by atoms with Gasteiger partial charge in [0.25, 0.3) is 0 Å². The molecule has 9 heteroatoms. The Morgan fingerprint density at radius 2 is 1.81 bits per heavy atom. The van der Waals surface area contributed by atoms with Crippen LogP contribution < -0.4 is 5.73 Å². The number of ether oxygens (including phenoxy) is 1. The molecule has 3 rings (SSSR count). The van der Waals surface area contributed by atoms with Gasteiger partial charge in [0.2, 0.25) is 17.4 Å². The molecule has 0 aromatic heterocycles. The highest BCUT2D eigenvalue weighted by molar-refractivity contribution is 7.86. The van der Waals surface area contributed by atoms with E-state index in [1.165, 1.54) is 30.3 Å². The van der Waals surface area contributed by atoms with Gasteiger partial charge >= 0.3 is 10.1 Å². The lowest BCUT2D eigenvalue weighted by atomic mass is 10.1. The Labute approximate surface area is 152 Å². The summed E-state index contributed by atoms with van der Waals surface area (Å²) in [5, 5.41) is 0. The summed E-state index contributed by atoms with van der Waals surface area (Å²) in [4.78, 5) is 12.6. The van der Waals surface area contributed by atoms with Crippen LogP contribution in [-0.2, 0) is 29.5 Å². The van der Waals surface area contributed by atoms with Crippen LogP contribution in [0.15, 0.2) is 60.2 Å². The molecule has 2 aromatic carbocycles. The normalized spacial score (nSPS) is 22.4. The number of hydrogen-bond acceptors (Lipinski definition) is 6. The lowest BCUT2D eigenvalue weighted by Gasteiger charge is -2.10. The molecule has 2 N–H and O–H groups in total. The lowest BCUT2D eigenvalue weighted by molar-refractivity contribution is -0.123. The van der Waals surface area contributed by atoms with Gasteiger partial charge < -0.3 is 14.7 Å². The van der Waals surface area contributed by atoms with Crippen LogP contribution in [0.5, 0.6) is 0 Å². The van der Waals surface area contributed by atoms with Crippen LogP contribution in [-0.4, -0.2) is 14.2 Å². The van der Waals surface area contributed by atoms with E-state index in [-0.39, 0.29) is 5.56 Å². The van der Waals surface area contributed by atoms with Gasteiger partial charge in [-0.05, 0) is 17.7 Å². The minimum absolute atomic E-state index is 0.283. The van der Waals surface area contributed by atoms with E-state index in [0.717, 1.165) is 0 Å². The maximum absolute atomic E-state index is 13.5. The standard InChI is InChI=1S/C17H13F2NO5S/c18-12-6-11(7-13(19)8-12)15-14(21)16(17(20)24-15)25-26(22,23)9-10-4-2-1-3-5-10/h1-8,15H,9,20H2/t15-/m1/s1/i9D2,15D. The number of benzene rings is 2. The lowest BCUT2D eigenvalue weighted by Crippen LogP contribution is -2.16. The second-order valence-corrected chi connectivity index (χ2v) is 6.40. The van der Waals surface area contributed by atoms with Crippen molar-refractivity contribution in [2.75, 3.05) is 0 Å². The fourth-order valence-electron chi connectivity index (χ4n) is 2.15. The Morgan fingerprint density at radius 1 is 1.19 bits per heavy atom. The Hall–Kier alpha value is -2.94.